The van der Waals surface area contributed by atoms with Gasteiger partial charge in [0, 0.05) is 43.6 Å². The number of nitrogens with zero attached hydrogens (tertiary/aromatic N) is 3. The van der Waals surface area contributed by atoms with Gasteiger partial charge in [0.15, 0.2) is 17.7 Å². The molecule has 0 saturated carbocycles. The van der Waals surface area contributed by atoms with Crippen LogP contribution >= 0.6 is 0 Å². The van der Waals surface area contributed by atoms with Crippen molar-refractivity contribution in [1.29, 1.82) is 5.26 Å². The van der Waals surface area contributed by atoms with E-state index in [-0.39, 0.29) is 36.4 Å². The van der Waals surface area contributed by atoms with Gasteiger partial charge >= 0.3 is 0 Å². The van der Waals surface area contributed by atoms with Gasteiger partial charge in [-0.3, -0.25) is 19.4 Å². The van der Waals surface area contributed by atoms with Crippen LogP contribution in [0.3, 0.4) is 0 Å². The summed E-state index contributed by atoms with van der Waals surface area (Å²) in [6.07, 6.45) is 1.44. The average molecular weight is 485 g/mol. The first kappa shape index (κ1) is 24.4. The number of benzene rings is 1. The number of nitriles is 1. The first-order valence-corrected chi connectivity index (χ1v) is 11.2. The van der Waals surface area contributed by atoms with E-state index in [1.54, 1.807) is 6.07 Å². The number of alkyl halides is 2. The number of carbonyl (C=O) groups excluding carboxylic acids is 3. The predicted molar refractivity (Wildman–Crippen MR) is 116 cm³/mol. The van der Waals surface area contributed by atoms with Crippen molar-refractivity contribution in [2.45, 2.75) is 56.6 Å². The van der Waals surface area contributed by atoms with E-state index in [1.807, 2.05) is 0 Å². The molecular weight excluding hydrogens is 463 g/mol. The van der Waals surface area contributed by atoms with Gasteiger partial charge in [0.1, 0.15) is 17.6 Å². The Hall–Kier alpha value is -3.74. The van der Waals surface area contributed by atoms with E-state index in [1.165, 1.54) is 36.7 Å². The summed E-state index contributed by atoms with van der Waals surface area (Å²) in [4.78, 5) is 42.9. The fourth-order valence-electron chi connectivity index (χ4n) is 4.42. The Morgan fingerprint density at radius 3 is 2.80 bits per heavy atom. The zero-order valence-corrected chi connectivity index (χ0v) is 18.7. The van der Waals surface area contributed by atoms with Gasteiger partial charge in [-0.15, -0.1) is 0 Å². The van der Waals surface area contributed by atoms with Crippen LogP contribution in [0.1, 0.15) is 47.2 Å². The highest BCUT2D eigenvalue weighted by atomic mass is 19.3. The van der Waals surface area contributed by atoms with Gasteiger partial charge in [0.25, 0.3) is 5.92 Å². The number of hydrogen-bond donors (Lipinski definition) is 0. The van der Waals surface area contributed by atoms with Crippen LogP contribution in [0, 0.1) is 17.1 Å². The number of Topliss-reactive ketones (excluding diaryl/α,β-unsaturated/α-hetero) is 2. The van der Waals surface area contributed by atoms with Crippen LogP contribution in [-0.4, -0.2) is 52.0 Å². The number of carbonyl (C=O) groups is 3. The molecule has 1 aromatic heterocycles. The molecule has 7 nitrogen and oxygen atoms in total. The fourth-order valence-corrected chi connectivity index (χ4v) is 4.42. The summed E-state index contributed by atoms with van der Waals surface area (Å²) in [6, 6.07) is 6.03. The van der Waals surface area contributed by atoms with E-state index in [2.05, 4.69) is 4.98 Å². The molecule has 1 fully saturated rings. The number of pyridine rings is 1. The number of halogens is 3. The van der Waals surface area contributed by atoms with Crippen LogP contribution in [0.5, 0.6) is 5.75 Å². The van der Waals surface area contributed by atoms with Gasteiger partial charge < -0.3 is 9.64 Å². The molecule has 182 valence electrons. The monoisotopic (exact) mass is 485 g/mol. The molecule has 1 saturated heterocycles. The first-order valence-electron chi connectivity index (χ1n) is 11.2. The molecular formula is C25H22F3N3O4. The maximum Gasteiger partial charge on any atom is 0.268 e. The minimum absolute atomic E-state index is 0.126. The Kier molecular flexibility index (Phi) is 6.87. The average Bonchev–Trinajstić information content (AvgIpc) is 3.17. The molecule has 0 spiro atoms. The molecule has 0 radical (unpaired) electrons. The van der Waals surface area contributed by atoms with Crippen molar-refractivity contribution in [2.75, 3.05) is 6.54 Å². The molecule has 2 aromatic rings. The van der Waals surface area contributed by atoms with Crippen molar-refractivity contribution in [3.8, 4) is 11.8 Å². The molecule has 10 heteroatoms. The molecule has 2 aliphatic rings. The van der Waals surface area contributed by atoms with Crippen LogP contribution in [-0.2, 0) is 22.4 Å². The third kappa shape index (κ3) is 5.50. The van der Waals surface area contributed by atoms with E-state index in [0.717, 1.165) is 4.90 Å². The summed E-state index contributed by atoms with van der Waals surface area (Å²) in [5.74, 6) is -4.47. The van der Waals surface area contributed by atoms with Crippen LogP contribution < -0.4 is 4.74 Å². The molecule has 1 unspecified atom stereocenters. The number of amides is 1. The third-order valence-corrected chi connectivity index (χ3v) is 6.20. The summed E-state index contributed by atoms with van der Waals surface area (Å²) in [5, 5.41) is 9.06. The van der Waals surface area contributed by atoms with Crippen LogP contribution in [0.2, 0.25) is 0 Å². The second-order valence-electron chi connectivity index (χ2n) is 8.72. The highest BCUT2D eigenvalue weighted by molar-refractivity contribution is 6.00. The quantitative estimate of drug-likeness (QED) is 0.557. The molecule has 2 aliphatic heterocycles. The lowest BCUT2D eigenvalue weighted by atomic mass is 9.94. The number of aromatic nitrogens is 1. The number of fused-ring (bicyclic) bond motifs is 1. The Morgan fingerprint density at radius 2 is 2.03 bits per heavy atom. The van der Waals surface area contributed by atoms with Gasteiger partial charge in [-0.05, 0) is 48.2 Å². The Morgan fingerprint density at radius 1 is 1.23 bits per heavy atom. The van der Waals surface area contributed by atoms with Crippen molar-refractivity contribution in [3.63, 3.8) is 0 Å². The lowest BCUT2D eigenvalue weighted by molar-refractivity contribution is -0.132. The maximum atomic E-state index is 13.6. The lowest BCUT2D eigenvalue weighted by Gasteiger charge is -2.25. The topological polar surface area (TPSA) is 100 Å². The summed E-state index contributed by atoms with van der Waals surface area (Å²) >= 11 is 0. The Balaban J connectivity index is 1.38. The van der Waals surface area contributed by atoms with Gasteiger partial charge in [-0.25, -0.2) is 13.2 Å². The number of rotatable bonds is 7. The molecule has 0 bridgehead atoms. The van der Waals surface area contributed by atoms with Crippen molar-refractivity contribution in [2.24, 2.45) is 0 Å². The maximum absolute atomic E-state index is 13.6. The predicted octanol–water partition coefficient (Wildman–Crippen LogP) is 3.45. The number of ether oxygens (including phenoxy) is 1. The first-order chi connectivity index (χ1) is 16.7. The summed E-state index contributed by atoms with van der Waals surface area (Å²) in [7, 11) is 0. The Bertz CT molecular complexity index is 1210. The SMILES string of the molecule is N#C[C@@H]1CC(F)(F)CN1C(=O)CCC(=O)c1ccncc1CC(=O)C1CCc2cc(F)ccc2O1. The van der Waals surface area contributed by atoms with E-state index < -0.39 is 42.7 Å². The standard InChI is InChI=1S/C25H22F3N3O4/c26-17-2-5-22-15(9-17)1-4-23(35-22)21(33)10-16-13-30-8-7-19(16)20(32)3-6-24(34)31-14-25(27,28)11-18(31)12-29/h2,5,7-9,13,18,23H,1,3-4,6,10-11,14H2/t18-,23?/m0/s1. The number of ketones is 2. The highest BCUT2D eigenvalue weighted by Crippen LogP contribution is 2.32. The second-order valence-corrected chi connectivity index (χ2v) is 8.72. The smallest absolute Gasteiger partial charge is 0.268 e. The van der Waals surface area contributed by atoms with Crippen molar-refractivity contribution >= 4 is 17.5 Å². The largest absolute Gasteiger partial charge is 0.482 e. The van der Waals surface area contributed by atoms with E-state index in [0.29, 0.717) is 29.7 Å². The van der Waals surface area contributed by atoms with Crippen molar-refractivity contribution < 1.29 is 32.3 Å². The van der Waals surface area contributed by atoms with Crippen LogP contribution in [0.25, 0.3) is 0 Å². The molecule has 2 atom stereocenters. The van der Waals surface area contributed by atoms with Crippen molar-refractivity contribution in [1.82, 2.24) is 9.88 Å². The fraction of sp³-hybridized carbons (Fsp3) is 0.400. The molecule has 1 amide bonds. The molecule has 35 heavy (non-hydrogen) atoms. The molecule has 0 aliphatic carbocycles. The summed E-state index contributed by atoms with van der Waals surface area (Å²) in [5.41, 5.74) is 1.26. The van der Waals surface area contributed by atoms with Crippen LogP contribution in [0.4, 0.5) is 13.2 Å². The third-order valence-electron chi connectivity index (χ3n) is 6.20. The van der Waals surface area contributed by atoms with Gasteiger partial charge in [0.05, 0.1) is 12.6 Å². The highest BCUT2D eigenvalue weighted by Gasteiger charge is 2.47. The van der Waals surface area contributed by atoms with Gasteiger partial charge in [-0.2, -0.15) is 5.26 Å². The van der Waals surface area contributed by atoms with Gasteiger partial charge in [0.2, 0.25) is 5.91 Å². The zero-order chi connectivity index (χ0) is 25.2. The Labute approximate surface area is 199 Å². The zero-order valence-electron chi connectivity index (χ0n) is 18.7. The number of aryl methyl sites for hydroxylation is 1. The van der Waals surface area contributed by atoms with E-state index in [4.69, 9.17) is 10.00 Å². The molecule has 0 N–H and O–H groups in total. The van der Waals surface area contributed by atoms with Gasteiger partial charge in [-0.1, -0.05) is 0 Å². The molecule has 4 rings (SSSR count). The normalized spacial score (nSPS) is 20.5. The molecule has 3 heterocycles. The van der Waals surface area contributed by atoms with Crippen molar-refractivity contribution in [3.05, 3.63) is 59.2 Å². The number of hydrogen-bond acceptors (Lipinski definition) is 6. The summed E-state index contributed by atoms with van der Waals surface area (Å²) < 4.78 is 46.3. The minimum Gasteiger partial charge on any atom is -0.482 e. The van der Waals surface area contributed by atoms with Crippen LogP contribution in [0.15, 0.2) is 36.7 Å². The molecule has 1 aromatic carbocycles. The van der Waals surface area contributed by atoms with E-state index >= 15 is 0 Å². The van der Waals surface area contributed by atoms with E-state index in [9.17, 15) is 27.6 Å². The second kappa shape index (κ2) is 9.86. The number of likely N-dealkylation sites (tertiary alicyclic amines) is 1. The summed E-state index contributed by atoms with van der Waals surface area (Å²) in [6.45, 7) is -0.843. The minimum atomic E-state index is -3.13. The lowest BCUT2D eigenvalue weighted by Crippen LogP contribution is -2.36.